The van der Waals surface area contributed by atoms with Gasteiger partial charge in [-0.25, -0.2) is 0 Å². The summed E-state index contributed by atoms with van der Waals surface area (Å²) in [6.45, 7) is 4.43. The molecule has 0 saturated heterocycles. The van der Waals surface area contributed by atoms with Gasteiger partial charge in [-0.2, -0.15) is 0 Å². The Labute approximate surface area is 119 Å². The fourth-order valence-electron chi connectivity index (χ4n) is 2.16. The number of hydrogen-bond acceptors (Lipinski definition) is 1. The molecule has 0 atom stereocenters. The number of halogens is 1. The summed E-state index contributed by atoms with van der Waals surface area (Å²) in [5.41, 5.74) is 4.36. The second-order valence-corrected chi connectivity index (χ2v) is 5.67. The third-order valence-corrected chi connectivity index (χ3v) is 3.51. The van der Waals surface area contributed by atoms with Crippen molar-refractivity contribution in [3.63, 3.8) is 0 Å². The van der Waals surface area contributed by atoms with E-state index in [4.69, 9.17) is 16.7 Å². The summed E-state index contributed by atoms with van der Waals surface area (Å²) in [7, 11) is 0. The minimum atomic E-state index is -0.0214. The predicted octanol–water partition coefficient (Wildman–Crippen LogP) is 4.70. The van der Waals surface area contributed by atoms with Crippen molar-refractivity contribution < 1.29 is 5.11 Å². The largest absolute Gasteiger partial charge is 0.392 e. The summed E-state index contributed by atoms with van der Waals surface area (Å²) in [5.74, 6) is 0.670. The van der Waals surface area contributed by atoms with Crippen LogP contribution in [0.3, 0.4) is 0 Å². The van der Waals surface area contributed by atoms with Gasteiger partial charge < -0.3 is 5.11 Å². The highest BCUT2D eigenvalue weighted by atomic mass is 35.5. The first kappa shape index (κ1) is 14.1. The van der Waals surface area contributed by atoms with Crippen molar-refractivity contribution in [3.05, 3.63) is 58.6 Å². The third kappa shape index (κ3) is 3.59. The molecular formula is C17H19ClO. The van der Waals surface area contributed by atoms with E-state index in [-0.39, 0.29) is 6.61 Å². The third-order valence-electron chi connectivity index (χ3n) is 3.15. The first-order valence-electron chi connectivity index (χ1n) is 6.58. The van der Waals surface area contributed by atoms with E-state index in [9.17, 15) is 0 Å². The van der Waals surface area contributed by atoms with Gasteiger partial charge in [-0.15, -0.1) is 0 Å². The number of hydrogen-bond donors (Lipinski definition) is 1. The zero-order chi connectivity index (χ0) is 13.8. The Morgan fingerprint density at radius 1 is 1.00 bits per heavy atom. The summed E-state index contributed by atoms with van der Waals surface area (Å²) in [5, 5.41) is 9.73. The summed E-state index contributed by atoms with van der Waals surface area (Å²) in [6, 6.07) is 14.4. The zero-order valence-corrected chi connectivity index (χ0v) is 12.1. The molecule has 0 radical (unpaired) electrons. The van der Waals surface area contributed by atoms with Crippen LogP contribution in [0.2, 0.25) is 5.02 Å². The van der Waals surface area contributed by atoms with Crippen molar-refractivity contribution in [3.8, 4) is 11.1 Å². The molecule has 0 aliphatic rings. The summed E-state index contributed by atoms with van der Waals surface area (Å²) in [6.07, 6.45) is 1.10. The van der Waals surface area contributed by atoms with Gasteiger partial charge in [-0.05, 0) is 40.7 Å². The van der Waals surface area contributed by atoms with Crippen molar-refractivity contribution in [1.82, 2.24) is 0 Å². The molecule has 2 aromatic carbocycles. The van der Waals surface area contributed by atoms with Crippen LogP contribution in [0.5, 0.6) is 0 Å². The molecule has 0 aliphatic heterocycles. The van der Waals surface area contributed by atoms with Gasteiger partial charge in [0.1, 0.15) is 0 Å². The fraction of sp³-hybridized carbons (Fsp3) is 0.294. The van der Waals surface area contributed by atoms with E-state index < -0.39 is 0 Å². The standard InChI is InChI=1S/C17H19ClO/c1-12(2)9-13-3-5-14(6-4-13)15-7-8-16(11-19)17(18)10-15/h3-8,10,12,19H,9,11H2,1-2H3. The van der Waals surface area contributed by atoms with Crippen LogP contribution in [0.4, 0.5) is 0 Å². The van der Waals surface area contributed by atoms with Crippen molar-refractivity contribution >= 4 is 11.6 Å². The van der Waals surface area contributed by atoms with Crippen LogP contribution in [0.1, 0.15) is 25.0 Å². The number of aliphatic hydroxyl groups excluding tert-OH is 1. The van der Waals surface area contributed by atoms with Crippen LogP contribution in [0, 0.1) is 5.92 Å². The maximum Gasteiger partial charge on any atom is 0.0696 e. The van der Waals surface area contributed by atoms with Crippen molar-refractivity contribution in [2.24, 2.45) is 5.92 Å². The summed E-state index contributed by atoms with van der Waals surface area (Å²) in [4.78, 5) is 0. The highest BCUT2D eigenvalue weighted by Crippen LogP contribution is 2.26. The molecule has 0 fully saturated rings. The average Bonchev–Trinajstić information content (AvgIpc) is 2.39. The van der Waals surface area contributed by atoms with E-state index in [1.54, 1.807) is 0 Å². The van der Waals surface area contributed by atoms with Crippen molar-refractivity contribution in [2.45, 2.75) is 26.9 Å². The molecule has 0 aromatic heterocycles. The highest BCUT2D eigenvalue weighted by molar-refractivity contribution is 6.31. The van der Waals surface area contributed by atoms with Gasteiger partial charge in [0.05, 0.1) is 6.61 Å². The maximum absolute atomic E-state index is 9.12. The maximum atomic E-state index is 9.12. The smallest absolute Gasteiger partial charge is 0.0696 e. The molecule has 100 valence electrons. The zero-order valence-electron chi connectivity index (χ0n) is 11.4. The number of rotatable bonds is 4. The van der Waals surface area contributed by atoms with Crippen LogP contribution >= 0.6 is 11.6 Å². The van der Waals surface area contributed by atoms with Gasteiger partial charge in [0.15, 0.2) is 0 Å². The minimum Gasteiger partial charge on any atom is -0.392 e. The van der Waals surface area contributed by atoms with Gasteiger partial charge in [-0.1, -0.05) is 61.8 Å². The lowest BCUT2D eigenvalue weighted by Crippen LogP contribution is -1.93. The SMILES string of the molecule is CC(C)Cc1ccc(-c2ccc(CO)c(Cl)c2)cc1. The molecule has 1 nitrogen and oxygen atoms in total. The fourth-order valence-corrected chi connectivity index (χ4v) is 2.40. The van der Waals surface area contributed by atoms with E-state index in [0.717, 1.165) is 23.1 Å². The Morgan fingerprint density at radius 3 is 2.16 bits per heavy atom. The predicted molar refractivity (Wildman–Crippen MR) is 81.4 cm³/mol. The quantitative estimate of drug-likeness (QED) is 0.857. The van der Waals surface area contributed by atoms with E-state index in [1.807, 2.05) is 18.2 Å². The Morgan fingerprint density at radius 2 is 1.63 bits per heavy atom. The minimum absolute atomic E-state index is 0.0214. The monoisotopic (exact) mass is 274 g/mol. The van der Waals surface area contributed by atoms with Crippen LogP contribution in [-0.4, -0.2) is 5.11 Å². The lowest BCUT2D eigenvalue weighted by atomic mass is 9.98. The van der Waals surface area contributed by atoms with Crippen LogP contribution in [0.25, 0.3) is 11.1 Å². The first-order valence-corrected chi connectivity index (χ1v) is 6.96. The second-order valence-electron chi connectivity index (χ2n) is 5.26. The average molecular weight is 275 g/mol. The molecule has 19 heavy (non-hydrogen) atoms. The second kappa shape index (κ2) is 6.23. The van der Waals surface area contributed by atoms with E-state index in [2.05, 4.69) is 38.1 Å². The lowest BCUT2D eigenvalue weighted by molar-refractivity contribution is 0.282. The lowest BCUT2D eigenvalue weighted by Gasteiger charge is -2.08. The molecule has 0 spiro atoms. The molecule has 1 N–H and O–H groups in total. The van der Waals surface area contributed by atoms with Gasteiger partial charge in [0.25, 0.3) is 0 Å². The normalized spacial score (nSPS) is 11.0. The Balaban J connectivity index is 2.24. The van der Waals surface area contributed by atoms with Gasteiger partial charge in [0.2, 0.25) is 0 Å². The van der Waals surface area contributed by atoms with Gasteiger partial charge in [-0.3, -0.25) is 0 Å². The van der Waals surface area contributed by atoms with Crippen LogP contribution < -0.4 is 0 Å². The summed E-state index contributed by atoms with van der Waals surface area (Å²) >= 11 is 6.12. The number of benzene rings is 2. The molecule has 0 unspecified atom stereocenters. The molecule has 2 rings (SSSR count). The molecule has 2 heteroatoms. The molecule has 0 saturated carbocycles. The van der Waals surface area contributed by atoms with Crippen LogP contribution in [0.15, 0.2) is 42.5 Å². The Hall–Kier alpha value is -1.31. The van der Waals surface area contributed by atoms with Gasteiger partial charge in [0, 0.05) is 5.02 Å². The Bertz CT molecular complexity index is 544. The molecular weight excluding hydrogens is 256 g/mol. The highest BCUT2D eigenvalue weighted by Gasteiger charge is 2.04. The van der Waals surface area contributed by atoms with Crippen LogP contribution in [-0.2, 0) is 13.0 Å². The Kier molecular flexibility index (Phi) is 4.62. The van der Waals surface area contributed by atoms with E-state index in [0.29, 0.717) is 10.9 Å². The molecule has 0 aliphatic carbocycles. The van der Waals surface area contributed by atoms with Gasteiger partial charge >= 0.3 is 0 Å². The molecule has 0 bridgehead atoms. The van der Waals surface area contributed by atoms with Crippen molar-refractivity contribution in [1.29, 1.82) is 0 Å². The van der Waals surface area contributed by atoms with E-state index >= 15 is 0 Å². The summed E-state index contributed by atoms with van der Waals surface area (Å²) < 4.78 is 0. The van der Waals surface area contributed by atoms with Crippen molar-refractivity contribution in [2.75, 3.05) is 0 Å². The molecule has 0 amide bonds. The molecule has 2 aromatic rings. The number of aliphatic hydroxyl groups is 1. The first-order chi connectivity index (χ1) is 9.10. The van der Waals surface area contributed by atoms with E-state index in [1.165, 1.54) is 5.56 Å². The topological polar surface area (TPSA) is 20.2 Å². The molecule has 0 heterocycles.